The highest BCUT2D eigenvalue weighted by Gasteiger charge is 2.23. The second kappa shape index (κ2) is 6.18. The summed E-state index contributed by atoms with van der Waals surface area (Å²) in [5.41, 5.74) is 2.30. The van der Waals surface area contributed by atoms with Crippen LogP contribution in [0.25, 0.3) is 0 Å². The molecular weight excluding hydrogens is 278 g/mol. The highest BCUT2D eigenvalue weighted by molar-refractivity contribution is 6.01. The first kappa shape index (κ1) is 14.7. The second-order valence-corrected chi connectivity index (χ2v) is 4.66. The number of nitrogens with one attached hydrogen (secondary N) is 3. The predicted octanol–water partition coefficient (Wildman–Crippen LogP) is -0.111. The Kier molecular flexibility index (Phi) is 4.33. The van der Waals surface area contributed by atoms with Gasteiger partial charge in [-0.25, -0.2) is 0 Å². The molecule has 0 aliphatic heterocycles. The quantitative estimate of drug-likeness (QED) is 0.328. The normalized spacial score (nSPS) is 13.4. The molecule has 0 heterocycles. The van der Waals surface area contributed by atoms with Crippen LogP contribution in [0.2, 0.25) is 0 Å². The third-order valence-electron chi connectivity index (χ3n) is 2.97. The maximum atomic E-state index is 12.0. The summed E-state index contributed by atoms with van der Waals surface area (Å²) < 4.78 is 0. The number of nitrogens with zero attached hydrogens (tertiary/aromatic N) is 1. The number of amides is 2. The molecule has 9 heteroatoms. The number of non-ortho nitro benzene ring substituents is 1. The Bertz CT molecular complexity index is 585. The van der Waals surface area contributed by atoms with Gasteiger partial charge in [0.15, 0.2) is 0 Å². The van der Waals surface area contributed by atoms with Crippen LogP contribution in [-0.4, -0.2) is 29.3 Å². The van der Waals surface area contributed by atoms with Gasteiger partial charge in [0, 0.05) is 18.2 Å². The maximum absolute atomic E-state index is 12.0. The highest BCUT2D eigenvalue weighted by atomic mass is 16.6. The van der Waals surface area contributed by atoms with Crippen molar-refractivity contribution < 1.29 is 14.5 Å². The molecule has 1 saturated carbocycles. The number of nitrogens with two attached hydrogens (primary N) is 1. The first-order chi connectivity index (χ1) is 10.0. The summed E-state index contributed by atoms with van der Waals surface area (Å²) in [6, 6.07) is 3.86. The molecule has 0 spiro atoms. The van der Waals surface area contributed by atoms with Crippen molar-refractivity contribution in [1.82, 2.24) is 10.6 Å². The molecule has 0 bridgehead atoms. The number of rotatable bonds is 6. The molecule has 21 heavy (non-hydrogen) atoms. The van der Waals surface area contributed by atoms with Crippen LogP contribution in [0.1, 0.15) is 23.2 Å². The number of hydrazine groups is 1. The zero-order valence-electron chi connectivity index (χ0n) is 11.1. The fourth-order valence-electron chi connectivity index (χ4n) is 1.72. The SMILES string of the molecule is NNc1ccc([N+](=O)[O-])cc1C(=O)NCC(=O)NC1CC1. The summed E-state index contributed by atoms with van der Waals surface area (Å²) in [5, 5.41) is 15.8. The minimum Gasteiger partial charge on any atom is -0.352 e. The second-order valence-electron chi connectivity index (χ2n) is 4.66. The van der Waals surface area contributed by atoms with E-state index in [1.54, 1.807) is 0 Å². The van der Waals surface area contributed by atoms with Crippen molar-refractivity contribution in [2.45, 2.75) is 18.9 Å². The number of nitrogen functional groups attached to an aromatic ring is 1. The molecular formula is C12H15N5O4. The Morgan fingerprint density at radius 2 is 2.10 bits per heavy atom. The Hall–Kier alpha value is -2.68. The molecule has 0 unspecified atom stereocenters. The molecule has 2 amide bonds. The van der Waals surface area contributed by atoms with E-state index in [-0.39, 0.29) is 35.4 Å². The number of nitro benzene ring substituents is 1. The van der Waals surface area contributed by atoms with Gasteiger partial charge in [0.25, 0.3) is 11.6 Å². The average molecular weight is 293 g/mol. The third-order valence-corrected chi connectivity index (χ3v) is 2.97. The van der Waals surface area contributed by atoms with Crippen molar-refractivity contribution in [2.75, 3.05) is 12.0 Å². The monoisotopic (exact) mass is 293 g/mol. The van der Waals surface area contributed by atoms with Crippen molar-refractivity contribution >= 4 is 23.2 Å². The van der Waals surface area contributed by atoms with Gasteiger partial charge < -0.3 is 16.1 Å². The van der Waals surface area contributed by atoms with Crippen LogP contribution in [0.4, 0.5) is 11.4 Å². The van der Waals surface area contributed by atoms with E-state index in [0.717, 1.165) is 18.9 Å². The number of carbonyl (C=O) groups is 2. The molecule has 1 aromatic rings. The fourth-order valence-corrected chi connectivity index (χ4v) is 1.72. The van der Waals surface area contributed by atoms with Crippen molar-refractivity contribution in [2.24, 2.45) is 5.84 Å². The molecule has 0 saturated heterocycles. The Labute approximate surface area is 120 Å². The van der Waals surface area contributed by atoms with Gasteiger partial charge in [0.05, 0.1) is 22.7 Å². The van der Waals surface area contributed by atoms with Crippen molar-refractivity contribution in [1.29, 1.82) is 0 Å². The molecule has 112 valence electrons. The lowest BCUT2D eigenvalue weighted by Crippen LogP contribution is -2.38. The Balaban J connectivity index is 2.03. The fraction of sp³-hybridized carbons (Fsp3) is 0.333. The highest BCUT2D eigenvalue weighted by Crippen LogP contribution is 2.21. The molecule has 1 aliphatic carbocycles. The minimum absolute atomic E-state index is 0.00548. The molecule has 1 aromatic carbocycles. The van der Waals surface area contributed by atoms with E-state index >= 15 is 0 Å². The van der Waals surface area contributed by atoms with Crippen LogP contribution in [0, 0.1) is 10.1 Å². The van der Waals surface area contributed by atoms with Crippen molar-refractivity contribution in [3.05, 3.63) is 33.9 Å². The van der Waals surface area contributed by atoms with E-state index in [1.807, 2.05) is 0 Å². The van der Waals surface area contributed by atoms with Crippen molar-refractivity contribution in [3.8, 4) is 0 Å². The molecule has 0 atom stereocenters. The van der Waals surface area contributed by atoms with Crippen LogP contribution in [0.5, 0.6) is 0 Å². The van der Waals surface area contributed by atoms with Gasteiger partial charge >= 0.3 is 0 Å². The lowest BCUT2D eigenvalue weighted by Gasteiger charge is -2.09. The summed E-state index contributed by atoms with van der Waals surface area (Å²) in [7, 11) is 0. The van der Waals surface area contributed by atoms with Gasteiger partial charge in [-0.15, -0.1) is 0 Å². The van der Waals surface area contributed by atoms with Crippen LogP contribution >= 0.6 is 0 Å². The largest absolute Gasteiger partial charge is 0.352 e. The van der Waals surface area contributed by atoms with Crippen molar-refractivity contribution in [3.63, 3.8) is 0 Å². The molecule has 1 fully saturated rings. The van der Waals surface area contributed by atoms with Crippen LogP contribution in [0.15, 0.2) is 18.2 Å². The zero-order valence-corrected chi connectivity index (χ0v) is 11.1. The zero-order chi connectivity index (χ0) is 15.4. The minimum atomic E-state index is -0.614. The van der Waals surface area contributed by atoms with E-state index in [4.69, 9.17) is 5.84 Å². The molecule has 5 N–H and O–H groups in total. The lowest BCUT2D eigenvalue weighted by molar-refractivity contribution is -0.384. The summed E-state index contributed by atoms with van der Waals surface area (Å²) in [6.07, 6.45) is 1.90. The number of hydrogen-bond acceptors (Lipinski definition) is 6. The molecule has 0 aromatic heterocycles. The van der Waals surface area contributed by atoms with E-state index < -0.39 is 10.8 Å². The summed E-state index contributed by atoms with van der Waals surface area (Å²) in [5.74, 6) is 4.36. The van der Waals surface area contributed by atoms with Gasteiger partial charge in [0.2, 0.25) is 5.91 Å². The van der Waals surface area contributed by atoms with E-state index in [1.165, 1.54) is 12.1 Å². The van der Waals surface area contributed by atoms with E-state index in [9.17, 15) is 19.7 Å². The third kappa shape index (κ3) is 3.89. The van der Waals surface area contributed by atoms with Gasteiger partial charge in [-0.1, -0.05) is 0 Å². The standard InChI is InChI=1S/C12H15N5O4/c13-16-10-4-3-8(17(20)21)5-9(10)12(19)14-6-11(18)15-7-1-2-7/h3-5,7,16H,1-2,6,13H2,(H,14,19)(H,15,18). The topological polar surface area (TPSA) is 139 Å². The summed E-state index contributed by atoms with van der Waals surface area (Å²) >= 11 is 0. The Morgan fingerprint density at radius 3 is 2.67 bits per heavy atom. The number of nitro groups is 1. The molecule has 1 aliphatic rings. The first-order valence-corrected chi connectivity index (χ1v) is 6.34. The van der Waals surface area contributed by atoms with Gasteiger partial charge in [-0.3, -0.25) is 25.5 Å². The molecule has 9 nitrogen and oxygen atoms in total. The number of benzene rings is 1. The van der Waals surface area contributed by atoms with Gasteiger partial charge in [0.1, 0.15) is 0 Å². The van der Waals surface area contributed by atoms with Crippen LogP contribution < -0.4 is 21.9 Å². The maximum Gasteiger partial charge on any atom is 0.270 e. The molecule has 0 radical (unpaired) electrons. The average Bonchev–Trinajstić information content (AvgIpc) is 3.27. The number of hydrogen-bond donors (Lipinski definition) is 4. The molecule has 2 rings (SSSR count). The van der Waals surface area contributed by atoms with Gasteiger partial charge in [-0.2, -0.15) is 0 Å². The lowest BCUT2D eigenvalue weighted by atomic mass is 10.1. The van der Waals surface area contributed by atoms with Crippen LogP contribution in [-0.2, 0) is 4.79 Å². The van der Waals surface area contributed by atoms with Gasteiger partial charge in [-0.05, 0) is 18.9 Å². The predicted molar refractivity (Wildman–Crippen MR) is 74.4 cm³/mol. The summed E-state index contributed by atoms with van der Waals surface area (Å²) in [4.78, 5) is 33.6. The Morgan fingerprint density at radius 1 is 1.38 bits per heavy atom. The smallest absolute Gasteiger partial charge is 0.270 e. The summed E-state index contributed by atoms with van der Waals surface area (Å²) in [6.45, 7) is -0.192. The first-order valence-electron chi connectivity index (χ1n) is 6.34. The van der Waals surface area contributed by atoms with Crippen LogP contribution in [0.3, 0.4) is 0 Å². The van der Waals surface area contributed by atoms with E-state index in [2.05, 4.69) is 16.1 Å². The van der Waals surface area contributed by atoms with E-state index in [0.29, 0.717) is 0 Å². The number of carbonyl (C=O) groups excluding carboxylic acids is 2. The number of anilines is 1.